The maximum absolute atomic E-state index is 11.8. The standard InChI is InChI=1S/C33H30N6O5S2/c1-42-27-19-13-22(14-20-27)29(37-39-33(46)35-26-17-11-24(12-18-26)31(41)44-3)28(21-7-5-4-6-8-21)36-38-32(45)34-25-15-9-23(10-16-25)30(40)43-2/h4-20H,1-3H3,(H2,34,38,45)(H2,35,39,46)/b36-28+,37-29+. The van der Waals surface area contributed by atoms with Gasteiger partial charge in [-0.25, -0.2) is 9.59 Å². The quantitative estimate of drug-likeness (QED) is 0.0763. The Labute approximate surface area is 276 Å². The molecule has 0 aliphatic heterocycles. The maximum Gasteiger partial charge on any atom is 0.337 e. The van der Waals surface area contributed by atoms with E-state index in [4.69, 9.17) is 38.6 Å². The zero-order valence-corrected chi connectivity index (χ0v) is 26.7. The van der Waals surface area contributed by atoms with Crippen LogP contribution in [0.3, 0.4) is 0 Å². The Bertz CT molecular complexity index is 1740. The second kappa shape index (κ2) is 16.4. The minimum absolute atomic E-state index is 0.199. The molecular formula is C33H30N6O5S2. The highest BCUT2D eigenvalue weighted by Crippen LogP contribution is 2.16. The fourth-order valence-corrected chi connectivity index (χ4v) is 4.33. The molecule has 0 heterocycles. The molecule has 0 amide bonds. The van der Waals surface area contributed by atoms with Gasteiger partial charge in [-0.3, -0.25) is 10.9 Å². The highest BCUT2D eigenvalue weighted by Gasteiger charge is 2.17. The number of ether oxygens (including phenoxy) is 3. The summed E-state index contributed by atoms with van der Waals surface area (Å²) in [6, 6.07) is 30.1. The summed E-state index contributed by atoms with van der Waals surface area (Å²) in [5.74, 6) is -0.202. The third kappa shape index (κ3) is 9.17. The van der Waals surface area contributed by atoms with Gasteiger partial charge in [0.25, 0.3) is 0 Å². The first kappa shape index (κ1) is 33.2. The molecule has 0 bridgehead atoms. The molecule has 0 aliphatic carbocycles. The highest BCUT2D eigenvalue weighted by molar-refractivity contribution is 7.80. The highest BCUT2D eigenvalue weighted by atomic mass is 32.1. The van der Waals surface area contributed by atoms with E-state index < -0.39 is 11.9 Å². The molecule has 0 radical (unpaired) electrons. The second-order valence-corrected chi connectivity index (χ2v) is 10.1. The molecule has 0 saturated heterocycles. The van der Waals surface area contributed by atoms with Crippen molar-refractivity contribution in [3.8, 4) is 5.75 Å². The van der Waals surface area contributed by atoms with Gasteiger partial charge >= 0.3 is 11.9 Å². The third-order valence-electron chi connectivity index (χ3n) is 6.30. The number of hydrogen-bond donors (Lipinski definition) is 4. The SMILES string of the molecule is COC(=O)c1ccc(NC(=S)N/N=C(/C(=N/NC(=S)Nc2ccc(C(=O)OC)cc2)c2ccc(OC)cc2)c2ccccc2)cc1. The normalized spacial score (nSPS) is 11.1. The minimum atomic E-state index is -0.437. The summed E-state index contributed by atoms with van der Waals surface area (Å²) in [5, 5.41) is 15.8. The first-order valence-corrected chi connectivity index (χ1v) is 14.5. The monoisotopic (exact) mass is 654 g/mol. The predicted octanol–water partition coefficient (Wildman–Crippen LogP) is 5.35. The van der Waals surface area contributed by atoms with Crippen molar-refractivity contribution in [3.05, 3.63) is 125 Å². The van der Waals surface area contributed by atoms with Crippen molar-refractivity contribution >= 4 is 69.4 Å². The van der Waals surface area contributed by atoms with Crippen molar-refractivity contribution in [1.29, 1.82) is 0 Å². The second-order valence-electron chi connectivity index (χ2n) is 9.29. The average Bonchev–Trinajstić information content (AvgIpc) is 3.10. The van der Waals surface area contributed by atoms with Crippen LogP contribution in [-0.4, -0.2) is 54.9 Å². The van der Waals surface area contributed by atoms with Crippen molar-refractivity contribution < 1.29 is 23.8 Å². The van der Waals surface area contributed by atoms with Crippen molar-refractivity contribution in [1.82, 2.24) is 10.9 Å². The van der Waals surface area contributed by atoms with Gasteiger partial charge in [-0.15, -0.1) is 0 Å². The predicted molar refractivity (Wildman–Crippen MR) is 187 cm³/mol. The minimum Gasteiger partial charge on any atom is -0.497 e. The lowest BCUT2D eigenvalue weighted by Crippen LogP contribution is -2.31. The van der Waals surface area contributed by atoms with E-state index in [0.29, 0.717) is 45.2 Å². The smallest absolute Gasteiger partial charge is 0.337 e. The van der Waals surface area contributed by atoms with Gasteiger partial charge in [0.2, 0.25) is 0 Å². The van der Waals surface area contributed by atoms with Crippen LogP contribution in [0.2, 0.25) is 0 Å². The lowest BCUT2D eigenvalue weighted by molar-refractivity contribution is 0.0592. The van der Waals surface area contributed by atoms with E-state index in [2.05, 4.69) is 31.7 Å². The van der Waals surface area contributed by atoms with Gasteiger partial charge in [0, 0.05) is 22.5 Å². The van der Waals surface area contributed by atoms with Gasteiger partial charge in [0.1, 0.15) is 17.2 Å². The van der Waals surface area contributed by atoms with Crippen LogP contribution >= 0.6 is 24.4 Å². The fraction of sp³-hybridized carbons (Fsp3) is 0.0909. The summed E-state index contributed by atoms with van der Waals surface area (Å²) in [5.41, 5.74) is 10.2. The molecule has 0 spiro atoms. The van der Waals surface area contributed by atoms with E-state index in [0.717, 1.165) is 5.56 Å². The van der Waals surface area contributed by atoms with Gasteiger partial charge < -0.3 is 24.8 Å². The van der Waals surface area contributed by atoms with Crippen LogP contribution in [0.1, 0.15) is 31.8 Å². The summed E-state index contributed by atoms with van der Waals surface area (Å²) in [4.78, 5) is 23.5. The molecule has 0 aromatic heterocycles. The van der Waals surface area contributed by atoms with Crippen LogP contribution < -0.4 is 26.2 Å². The number of rotatable bonds is 10. The van der Waals surface area contributed by atoms with Crippen LogP contribution in [0.15, 0.2) is 113 Å². The van der Waals surface area contributed by atoms with Crippen molar-refractivity contribution in [2.24, 2.45) is 10.2 Å². The number of nitrogens with zero attached hydrogens (tertiary/aromatic N) is 2. The van der Waals surface area contributed by atoms with Gasteiger partial charge in [0.15, 0.2) is 10.2 Å². The van der Waals surface area contributed by atoms with Gasteiger partial charge in [-0.1, -0.05) is 30.3 Å². The molecule has 0 fully saturated rings. The molecule has 0 unspecified atom stereocenters. The largest absolute Gasteiger partial charge is 0.497 e. The van der Waals surface area contributed by atoms with E-state index >= 15 is 0 Å². The summed E-state index contributed by atoms with van der Waals surface area (Å²) >= 11 is 11.0. The average molecular weight is 655 g/mol. The molecular weight excluding hydrogens is 625 g/mol. The molecule has 4 aromatic carbocycles. The van der Waals surface area contributed by atoms with Crippen molar-refractivity contribution in [2.75, 3.05) is 32.0 Å². The Balaban J connectivity index is 1.61. The van der Waals surface area contributed by atoms with Crippen LogP contribution in [-0.2, 0) is 9.47 Å². The Morgan fingerprint density at radius 1 is 0.543 bits per heavy atom. The van der Waals surface area contributed by atoms with Crippen LogP contribution in [0, 0.1) is 0 Å². The first-order chi connectivity index (χ1) is 22.3. The molecule has 13 heteroatoms. The third-order valence-corrected chi connectivity index (χ3v) is 6.69. The lowest BCUT2D eigenvalue weighted by atomic mass is 10.00. The molecule has 0 saturated carbocycles. The maximum atomic E-state index is 11.8. The zero-order chi connectivity index (χ0) is 32.9. The summed E-state index contributed by atoms with van der Waals surface area (Å²) in [6.45, 7) is 0. The lowest BCUT2D eigenvalue weighted by Gasteiger charge is -2.14. The van der Waals surface area contributed by atoms with E-state index in [1.54, 1.807) is 55.6 Å². The van der Waals surface area contributed by atoms with Gasteiger partial charge in [0.05, 0.1) is 32.5 Å². The number of nitrogens with one attached hydrogen (secondary N) is 4. The topological polar surface area (TPSA) is 135 Å². The Hall–Kier alpha value is -5.66. The summed E-state index contributed by atoms with van der Waals surface area (Å²) < 4.78 is 14.8. The van der Waals surface area contributed by atoms with E-state index in [9.17, 15) is 9.59 Å². The van der Waals surface area contributed by atoms with E-state index in [1.807, 2.05) is 54.6 Å². The number of esters is 2. The summed E-state index contributed by atoms with van der Waals surface area (Å²) in [6.07, 6.45) is 0. The number of hydrazone groups is 2. The molecule has 0 aliphatic rings. The molecule has 11 nitrogen and oxygen atoms in total. The molecule has 46 heavy (non-hydrogen) atoms. The van der Waals surface area contributed by atoms with Crippen molar-refractivity contribution in [2.45, 2.75) is 0 Å². The number of thiocarbonyl (C=S) groups is 2. The van der Waals surface area contributed by atoms with Crippen LogP contribution in [0.4, 0.5) is 11.4 Å². The van der Waals surface area contributed by atoms with E-state index in [-0.39, 0.29) is 10.2 Å². The number of benzene rings is 4. The zero-order valence-electron chi connectivity index (χ0n) is 25.1. The summed E-state index contributed by atoms with van der Waals surface area (Å²) in [7, 11) is 4.24. The molecule has 4 rings (SSSR count). The Kier molecular flexibility index (Phi) is 11.9. The first-order valence-electron chi connectivity index (χ1n) is 13.7. The van der Waals surface area contributed by atoms with Crippen LogP contribution in [0.5, 0.6) is 5.75 Å². The van der Waals surface area contributed by atoms with Gasteiger partial charge in [-0.2, -0.15) is 10.2 Å². The number of hydrogen-bond acceptors (Lipinski definition) is 9. The number of carbonyl (C=O) groups is 2. The Morgan fingerprint density at radius 3 is 1.33 bits per heavy atom. The number of anilines is 2. The van der Waals surface area contributed by atoms with Crippen LogP contribution in [0.25, 0.3) is 0 Å². The molecule has 0 atom stereocenters. The number of carbonyl (C=O) groups excluding carboxylic acids is 2. The van der Waals surface area contributed by atoms with Gasteiger partial charge in [-0.05, 0) is 97.2 Å². The van der Waals surface area contributed by atoms with E-state index in [1.165, 1.54) is 14.2 Å². The Morgan fingerprint density at radius 2 is 0.935 bits per heavy atom. The number of methoxy groups -OCH3 is 3. The molecule has 4 aromatic rings. The molecule has 234 valence electrons. The van der Waals surface area contributed by atoms with Crippen molar-refractivity contribution in [3.63, 3.8) is 0 Å². The molecule has 4 N–H and O–H groups in total. The fourth-order valence-electron chi connectivity index (χ4n) is 4.00.